The second-order valence-corrected chi connectivity index (χ2v) is 3.21. The van der Waals surface area contributed by atoms with Crippen molar-refractivity contribution in [2.24, 2.45) is 0 Å². The highest BCUT2D eigenvalue weighted by molar-refractivity contribution is 5.78. The Hall–Kier alpha value is -2.06. The molecule has 0 radical (unpaired) electrons. The largest absolute Gasteiger partial charge is 0.265 e. The standard InChI is InChI=1S/C12H8N2/c1-14-12(8-13)11-7-6-9-4-2-3-5-10(9)11/h2-5H,6-7H2/b12-11+. The fourth-order valence-corrected chi connectivity index (χ4v) is 1.83. The van der Waals surface area contributed by atoms with E-state index in [1.54, 1.807) is 0 Å². The molecule has 0 N–H and O–H groups in total. The van der Waals surface area contributed by atoms with E-state index < -0.39 is 0 Å². The molecule has 2 heteroatoms. The van der Waals surface area contributed by atoms with Gasteiger partial charge in [0.05, 0.1) is 12.6 Å². The van der Waals surface area contributed by atoms with Crippen LogP contribution in [0.15, 0.2) is 30.0 Å². The molecule has 0 saturated carbocycles. The second-order valence-electron chi connectivity index (χ2n) is 3.21. The van der Waals surface area contributed by atoms with Crippen LogP contribution in [0.1, 0.15) is 17.5 Å². The van der Waals surface area contributed by atoms with Crippen molar-refractivity contribution >= 4 is 5.57 Å². The predicted molar refractivity (Wildman–Crippen MR) is 53.9 cm³/mol. The lowest BCUT2D eigenvalue weighted by molar-refractivity contribution is 1.08. The lowest BCUT2D eigenvalue weighted by Gasteiger charge is -1.99. The molecule has 0 fully saturated rings. The summed E-state index contributed by atoms with van der Waals surface area (Å²) in [6, 6.07) is 9.94. The first-order valence-corrected chi connectivity index (χ1v) is 4.46. The molecule has 0 amide bonds. The molecular formula is C12H8N2. The first-order chi connectivity index (χ1) is 6.86. The monoisotopic (exact) mass is 180 g/mol. The predicted octanol–water partition coefficient (Wildman–Crippen LogP) is 2.79. The Balaban J connectivity index is 2.62. The normalized spacial score (nSPS) is 16.7. The number of hydrogen-bond donors (Lipinski definition) is 0. The molecule has 1 aliphatic rings. The third-order valence-electron chi connectivity index (χ3n) is 2.49. The third kappa shape index (κ3) is 1.18. The number of allylic oxidation sites excluding steroid dienone is 2. The lowest BCUT2D eigenvalue weighted by Crippen LogP contribution is -1.81. The van der Waals surface area contributed by atoms with Crippen LogP contribution in [0.5, 0.6) is 0 Å². The summed E-state index contributed by atoms with van der Waals surface area (Å²) in [5.41, 5.74) is 3.49. The molecule has 1 aromatic carbocycles. The van der Waals surface area contributed by atoms with Gasteiger partial charge in [0.1, 0.15) is 0 Å². The number of benzene rings is 1. The molecule has 0 aromatic heterocycles. The Morgan fingerprint density at radius 3 is 2.86 bits per heavy atom. The Morgan fingerprint density at radius 2 is 2.14 bits per heavy atom. The van der Waals surface area contributed by atoms with Crippen molar-refractivity contribution in [3.05, 3.63) is 52.5 Å². The molecule has 1 aliphatic carbocycles. The van der Waals surface area contributed by atoms with Gasteiger partial charge in [-0.05, 0) is 29.5 Å². The number of rotatable bonds is 0. The number of aryl methyl sites for hydroxylation is 1. The van der Waals surface area contributed by atoms with E-state index >= 15 is 0 Å². The molecule has 0 spiro atoms. The van der Waals surface area contributed by atoms with Crippen molar-refractivity contribution in [1.82, 2.24) is 0 Å². The molecule has 0 aliphatic heterocycles. The van der Waals surface area contributed by atoms with Gasteiger partial charge in [-0.3, -0.25) is 0 Å². The number of fused-ring (bicyclic) bond motifs is 1. The fourth-order valence-electron chi connectivity index (χ4n) is 1.83. The van der Waals surface area contributed by atoms with E-state index in [4.69, 9.17) is 11.8 Å². The minimum Gasteiger partial charge on any atom is -0.226 e. The van der Waals surface area contributed by atoms with Gasteiger partial charge in [0, 0.05) is 0 Å². The highest BCUT2D eigenvalue weighted by Gasteiger charge is 2.18. The molecule has 2 rings (SSSR count). The average molecular weight is 180 g/mol. The van der Waals surface area contributed by atoms with E-state index in [-0.39, 0.29) is 5.70 Å². The zero-order valence-electron chi connectivity index (χ0n) is 7.62. The molecule has 0 heterocycles. The van der Waals surface area contributed by atoms with Gasteiger partial charge in [0.2, 0.25) is 0 Å². The second kappa shape index (κ2) is 3.36. The third-order valence-corrected chi connectivity index (χ3v) is 2.49. The van der Waals surface area contributed by atoms with Crippen LogP contribution >= 0.6 is 0 Å². The maximum Gasteiger partial charge on any atom is 0.265 e. The van der Waals surface area contributed by atoms with Crippen molar-refractivity contribution in [2.75, 3.05) is 0 Å². The number of nitrogens with zero attached hydrogens (tertiary/aromatic N) is 2. The van der Waals surface area contributed by atoms with Crippen molar-refractivity contribution in [2.45, 2.75) is 12.8 Å². The first-order valence-electron chi connectivity index (χ1n) is 4.46. The van der Waals surface area contributed by atoms with E-state index in [0.717, 1.165) is 24.0 Å². The Bertz CT molecular complexity index is 468. The summed E-state index contributed by atoms with van der Waals surface area (Å²) < 4.78 is 0. The topological polar surface area (TPSA) is 28.1 Å². The summed E-state index contributed by atoms with van der Waals surface area (Å²) in [7, 11) is 0. The van der Waals surface area contributed by atoms with Crippen LogP contribution in [-0.4, -0.2) is 0 Å². The van der Waals surface area contributed by atoms with Gasteiger partial charge in [0.25, 0.3) is 5.70 Å². The molecule has 2 nitrogen and oxygen atoms in total. The molecule has 0 atom stereocenters. The van der Waals surface area contributed by atoms with Crippen LogP contribution in [0.3, 0.4) is 0 Å². The molecule has 0 bridgehead atoms. The maximum atomic E-state index is 8.79. The Morgan fingerprint density at radius 1 is 1.36 bits per heavy atom. The lowest BCUT2D eigenvalue weighted by atomic mass is 10.1. The van der Waals surface area contributed by atoms with Gasteiger partial charge in [0.15, 0.2) is 0 Å². The number of hydrogen-bond acceptors (Lipinski definition) is 1. The first kappa shape index (κ1) is 8.53. The van der Waals surface area contributed by atoms with E-state index in [2.05, 4.69) is 10.9 Å². The zero-order valence-corrected chi connectivity index (χ0v) is 7.62. The Labute approximate surface area is 82.9 Å². The van der Waals surface area contributed by atoms with Gasteiger partial charge >= 0.3 is 0 Å². The summed E-state index contributed by atoms with van der Waals surface area (Å²) >= 11 is 0. The van der Waals surface area contributed by atoms with Gasteiger partial charge in [-0.1, -0.05) is 24.3 Å². The van der Waals surface area contributed by atoms with Crippen LogP contribution in [0.25, 0.3) is 10.4 Å². The van der Waals surface area contributed by atoms with Crippen LogP contribution in [0, 0.1) is 17.9 Å². The van der Waals surface area contributed by atoms with Crippen LogP contribution in [-0.2, 0) is 6.42 Å². The summed E-state index contributed by atoms with van der Waals surface area (Å²) in [5.74, 6) is 0. The quantitative estimate of drug-likeness (QED) is 0.445. The van der Waals surface area contributed by atoms with E-state index in [0.29, 0.717) is 0 Å². The fraction of sp³-hybridized carbons (Fsp3) is 0.167. The van der Waals surface area contributed by atoms with E-state index in [1.807, 2.05) is 24.3 Å². The SMILES string of the molecule is [C-]#[N+]/C(C#N)=C1\CCc2ccccc21. The Kier molecular flexibility index (Phi) is 2.05. The molecule has 0 saturated heterocycles. The molecule has 0 unspecified atom stereocenters. The van der Waals surface area contributed by atoms with E-state index in [9.17, 15) is 0 Å². The zero-order chi connectivity index (χ0) is 9.97. The minimum atomic E-state index is 0.245. The van der Waals surface area contributed by atoms with Crippen LogP contribution < -0.4 is 0 Å². The van der Waals surface area contributed by atoms with Crippen molar-refractivity contribution in [3.8, 4) is 6.07 Å². The van der Waals surface area contributed by atoms with E-state index in [1.165, 1.54) is 5.56 Å². The summed E-state index contributed by atoms with van der Waals surface area (Å²) in [4.78, 5) is 3.26. The summed E-state index contributed by atoms with van der Waals surface area (Å²) in [6.07, 6.45) is 1.77. The number of nitriles is 1. The molecule has 1 aromatic rings. The van der Waals surface area contributed by atoms with Gasteiger partial charge in [-0.2, -0.15) is 0 Å². The maximum absolute atomic E-state index is 8.79. The highest BCUT2D eigenvalue weighted by Crippen LogP contribution is 2.34. The van der Waals surface area contributed by atoms with Crippen molar-refractivity contribution in [3.63, 3.8) is 0 Å². The van der Waals surface area contributed by atoms with Gasteiger partial charge < -0.3 is 0 Å². The average Bonchev–Trinajstić information content (AvgIpc) is 2.65. The van der Waals surface area contributed by atoms with Crippen LogP contribution in [0.2, 0.25) is 0 Å². The minimum absolute atomic E-state index is 0.245. The van der Waals surface area contributed by atoms with Crippen molar-refractivity contribution in [1.29, 1.82) is 5.26 Å². The molecule has 14 heavy (non-hydrogen) atoms. The smallest absolute Gasteiger partial charge is 0.226 e. The highest BCUT2D eigenvalue weighted by atomic mass is 14.7. The van der Waals surface area contributed by atoms with Crippen LogP contribution in [0.4, 0.5) is 0 Å². The van der Waals surface area contributed by atoms with Gasteiger partial charge in [-0.15, -0.1) is 0 Å². The summed E-state index contributed by atoms with van der Waals surface area (Å²) in [5, 5.41) is 8.79. The summed E-state index contributed by atoms with van der Waals surface area (Å²) in [6.45, 7) is 6.91. The molecule has 66 valence electrons. The molecular weight excluding hydrogens is 172 g/mol. The van der Waals surface area contributed by atoms with Crippen molar-refractivity contribution < 1.29 is 0 Å². The van der Waals surface area contributed by atoms with Gasteiger partial charge in [-0.25, -0.2) is 10.1 Å².